The molecule has 0 saturated carbocycles. The lowest BCUT2D eigenvalue weighted by Crippen LogP contribution is -2.00. The molecular formula is C12H13ClN2O. The van der Waals surface area contributed by atoms with Crippen LogP contribution < -0.4 is 4.74 Å². The van der Waals surface area contributed by atoms with Crippen LogP contribution in [0.1, 0.15) is 19.8 Å². The van der Waals surface area contributed by atoms with E-state index in [1.165, 1.54) is 0 Å². The molecule has 1 heterocycles. The van der Waals surface area contributed by atoms with Crippen LogP contribution >= 0.6 is 11.6 Å². The average molecular weight is 237 g/mol. The number of halogens is 1. The van der Waals surface area contributed by atoms with Gasteiger partial charge in [-0.1, -0.05) is 37.1 Å². The quantitative estimate of drug-likeness (QED) is 0.763. The predicted octanol–water partition coefficient (Wildman–Crippen LogP) is 3.46. The van der Waals surface area contributed by atoms with E-state index in [1.54, 1.807) is 0 Å². The summed E-state index contributed by atoms with van der Waals surface area (Å²) in [5.41, 5.74) is 1.59. The van der Waals surface area contributed by atoms with Crippen LogP contribution in [0.5, 0.6) is 5.88 Å². The number of nitrogens with zero attached hydrogens (tertiary/aromatic N) is 2. The zero-order chi connectivity index (χ0) is 11.4. The summed E-state index contributed by atoms with van der Waals surface area (Å²) < 4.78 is 5.48. The van der Waals surface area contributed by atoms with E-state index in [-0.39, 0.29) is 0 Å². The Labute approximate surface area is 99.4 Å². The minimum atomic E-state index is 0.329. The Morgan fingerprint density at radius 2 is 1.88 bits per heavy atom. The van der Waals surface area contributed by atoms with Crippen LogP contribution in [0, 0.1) is 0 Å². The highest BCUT2D eigenvalue weighted by Gasteiger charge is 2.07. The fourth-order valence-electron chi connectivity index (χ4n) is 1.37. The molecule has 0 fully saturated rings. The van der Waals surface area contributed by atoms with Crippen molar-refractivity contribution in [2.45, 2.75) is 19.8 Å². The minimum Gasteiger partial charge on any atom is -0.475 e. The molecule has 0 spiro atoms. The zero-order valence-electron chi connectivity index (χ0n) is 9.11. The predicted molar refractivity (Wildman–Crippen MR) is 65.0 cm³/mol. The molecule has 0 amide bonds. The van der Waals surface area contributed by atoms with Gasteiger partial charge in [0.2, 0.25) is 0 Å². The molecule has 0 N–H and O–H groups in total. The van der Waals surface area contributed by atoms with E-state index in [1.807, 2.05) is 24.3 Å². The second-order valence-corrected chi connectivity index (χ2v) is 3.87. The zero-order valence-corrected chi connectivity index (χ0v) is 9.87. The van der Waals surface area contributed by atoms with E-state index in [2.05, 4.69) is 16.9 Å². The SMILES string of the molecule is CCCCOc1nc2ccccc2nc1Cl. The van der Waals surface area contributed by atoms with Crippen molar-refractivity contribution in [2.75, 3.05) is 6.61 Å². The Bertz CT molecular complexity index is 487. The summed E-state index contributed by atoms with van der Waals surface area (Å²) >= 11 is 5.98. The summed E-state index contributed by atoms with van der Waals surface area (Å²) in [6.07, 6.45) is 2.07. The lowest BCUT2D eigenvalue weighted by molar-refractivity contribution is 0.298. The van der Waals surface area contributed by atoms with Gasteiger partial charge in [0.25, 0.3) is 5.88 Å². The molecule has 2 rings (SSSR count). The largest absolute Gasteiger partial charge is 0.475 e. The molecule has 84 valence electrons. The molecule has 0 unspecified atom stereocenters. The smallest absolute Gasteiger partial charge is 0.252 e. The number of hydrogen-bond donors (Lipinski definition) is 0. The van der Waals surface area contributed by atoms with Gasteiger partial charge in [-0.05, 0) is 18.6 Å². The average Bonchev–Trinajstić information content (AvgIpc) is 2.30. The van der Waals surface area contributed by atoms with Crippen LogP contribution in [0.2, 0.25) is 5.15 Å². The number of ether oxygens (including phenoxy) is 1. The second kappa shape index (κ2) is 5.12. The van der Waals surface area contributed by atoms with Gasteiger partial charge >= 0.3 is 0 Å². The molecule has 0 aliphatic rings. The summed E-state index contributed by atoms with van der Waals surface area (Å²) in [7, 11) is 0. The molecule has 1 aromatic heterocycles. The van der Waals surface area contributed by atoms with E-state index in [9.17, 15) is 0 Å². The first-order valence-electron chi connectivity index (χ1n) is 5.36. The summed E-state index contributed by atoms with van der Waals surface area (Å²) in [6.45, 7) is 2.74. The van der Waals surface area contributed by atoms with Crippen LogP contribution in [-0.4, -0.2) is 16.6 Å². The van der Waals surface area contributed by atoms with Crippen molar-refractivity contribution in [2.24, 2.45) is 0 Å². The van der Waals surface area contributed by atoms with Gasteiger partial charge in [-0.3, -0.25) is 0 Å². The van der Waals surface area contributed by atoms with Crippen molar-refractivity contribution < 1.29 is 4.74 Å². The Balaban J connectivity index is 2.27. The molecule has 2 aromatic rings. The standard InChI is InChI=1S/C12H13ClN2O/c1-2-3-8-16-12-11(13)14-9-6-4-5-7-10(9)15-12/h4-7H,2-3,8H2,1H3. The summed E-state index contributed by atoms with van der Waals surface area (Å²) in [5, 5.41) is 0.329. The van der Waals surface area contributed by atoms with E-state index in [0.29, 0.717) is 17.6 Å². The Kier molecular flexibility index (Phi) is 3.57. The Morgan fingerprint density at radius 3 is 2.56 bits per heavy atom. The summed E-state index contributed by atoms with van der Waals surface area (Å²) in [5.74, 6) is 0.425. The first-order valence-corrected chi connectivity index (χ1v) is 5.74. The van der Waals surface area contributed by atoms with Crippen LogP contribution in [0.3, 0.4) is 0 Å². The number of unbranched alkanes of at least 4 members (excludes halogenated alkanes) is 1. The highest BCUT2D eigenvalue weighted by molar-refractivity contribution is 6.30. The van der Waals surface area contributed by atoms with Gasteiger partial charge in [0.05, 0.1) is 17.6 Å². The first kappa shape index (κ1) is 11.1. The third-order valence-corrected chi connectivity index (χ3v) is 2.48. The van der Waals surface area contributed by atoms with Gasteiger partial charge in [0.15, 0.2) is 5.15 Å². The third-order valence-electron chi connectivity index (χ3n) is 2.24. The molecule has 0 atom stereocenters. The van der Waals surface area contributed by atoms with Gasteiger partial charge in [-0.2, -0.15) is 0 Å². The molecule has 1 aromatic carbocycles. The fourth-order valence-corrected chi connectivity index (χ4v) is 1.56. The highest BCUT2D eigenvalue weighted by atomic mass is 35.5. The van der Waals surface area contributed by atoms with Crippen molar-refractivity contribution in [3.8, 4) is 5.88 Å². The van der Waals surface area contributed by atoms with Gasteiger partial charge in [-0.25, -0.2) is 9.97 Å². The van der Waals surface area contributed by atoms with E-state index in [0.717, 1.165) is 23.9 Å². The van der Waals surface area contributed by atoms with Crippen LogP contribution in [0.4, 0.5) is 0 Å². The maximum atomic E-state index is 5.98. The second-order valence-electron chi connectivity index (χ2n) is 3.51. The highest BCUT2D eigenvalue weighted by Crippen LogP contribution is 2.23. The molecule has 0 saturated heterocycles. The summed E-state index contributed by atoms with van der Waals surface area (Å²) in [4.78, 5) is 8.56. The molecular weight excluding hydrogens is 224 g/mol. The Hall–Kier alpha value is -1.35. The topological polar surface area (TPSA) is 35.0 Å². The van der Waals surface area contributed by atoms with Crippen LogP contribution in [-0.2, 0) is 0 Å². The van der Waals surface area contributed by atoms with Crippen molar-refractivity contribution in [1.29, 1.82) is 0 Å². The molecule has 0 radical (unpaired) electrons. The van der Waals surface area contributed by atoms with Crippen molar-refractivity contribution >= 4 is 22.6 Å². The Morgan fingerprint density at radius 1 is 1.19 bits per heavy atom. The number of benzene rings is 1. The molecule has 16 heavy (non-hydrogen) atoms. The summed E-state index contributed by atoms with van der Waals surface area (Å²) in [6, 6.07) is 7.60. The number of fused-ring (bicyclic) bond motifs is 1. The monoisotopic (exact) mass is 236 g/mol. The van der Waals surface area contributed by atoms with Crippen molar-refractivity contribution in [3.63, 3.8) is 0 Å². The number of aromatic nitrogens is 2. The first-order chi connectivity index (χ1) is 7.81. The van der Waals surface area contributed by atoms with Gasteiger partial charge in [0, 0.05) is 0 Å². The number of para-hydroxylation sites is 2. The number of hydrogen-bond acceptors (Lipinski definition) is 3. The lowest BCUT2D eigenvalue weighted by Gasteiger charge is -2.06. The molecule has 4 heteroatoms. The van der Waals surface area contributed by atoms with Crippen LogP contribution in [0.15, 0.2) is 24.3 Å². The minimum absolute atomic E-state index is 0.329. The van der Waals surface area contributed by atoms with Crippen molar-refractivity contribution in [3.05, 3.63) is 29.4 Å². The number of rotatable bonds is 4. The van der Waals surface area contributed by atoms with Gasteiger partial charge in [0.1, 0.15) is 0 Å². The molecule has 3 nitrogen and oxygen atoms in total. The fraction of sp³-hybridized carbons (Fsp3) is 0.333. The van der Waals surface area contributed by atoms with Crippen LogP contribution in [0.25, 0.3) is 11.0 Å². The van der Waals surface area contributed by atoms with Gasteiger partial charge < -0.3 is 4.74 Å². The van der Waals surface area contributed by atoms with E-state index >= 15 is 0 Å². The van der Waals surface area contributed by atoms with Crippen molar-refractivity contribution in [1.82, 2.24) is 9.97 Å². The maximum Gasteiger partial charge on any atom is 0.252 e. The molecule has 0 aliphatic heterocycles. The molecule has 0 aliphatic carbocycles. The maximum absolute atomic E-state index is 5.98. The van der Waals surface area contributed by atoms with E-state index in [4.69, 9.17) is 16.3 Å². The lowest BCUT2D eigenvalue weighted by atomic mass is 10.3. The normalized spacial score (nSPS) is 10.6. The molecule has 0 bridgehead atoms. The van der Waals surface area contributed by atoms with Gasteiger partial charge in [-0.15, -0.1) is 0 Å². The third kappa shape index (κ3) is 2.42. The van der Waals surface area contributed by atoms with E-state index < -0.39 is 0 Å².